The summed E-state index contributed by atoms with van der Waals surface area (Å²) in [7, 11) is 1.28. The average molecular weight is 1180 g/mol. The van der Waals surface area contributed by atoms with E-state index in [9.17, 15) is 80.1 Å². The van der Waals surface area contributed by atoms with E-state index in [1.807, 2.05) is 0 Å². The molecule has 0 bridgehead atoms. The molecule has 19 atom stereocenters. The Labute approximate surface area is 471 Å². The minimum atomic E-state index is -2.94. The van der Waals surface area contributed by atoms with Crippen LogP contribution in [0.25, 0.3) is 12.2 Å². The Hall–Kier alpha value is -6.75. The van der Waals surface area contributed by atoms with E-state index in [4.69, 9.17) is 61.6 Å². The van der Waals surface area contributed by atoms with E-state index in [1.165, 1.54) is 86.0 Å². The van der Waals surface area contributed by atoms with Crippen LogP contribution in [-0.4, -0.2) is 242 Å². The van der Waals surface area contributed by atoms with Crippen molar-refractivity contribution in [2.24, 2.45) is 0 Å². The maximum Gasteiger partial charge on any atom is 0.338 e. The molecule has 0 radical (unpaired) electrons. The molecule has 0 spiro atoms. The third-order valence-electron chi connectivity index (χ3n) is 13.4. The van der Waals surface area contributed by atoms with Gasteiger partial charge in [-0.25, -0.2) is 14.4 Å². The predicted octanol–water partition coefficient (Wildman–Crippen LogP) is -2.79. The number of aliphatic hydroxyl groups excluding tert-OH is 9. The molecular weight excluding hydrogens is 1110 g/mol. The van der Waals surface area contributed by atoms with Crippen molar-refractivity contribution in [1.82, 2.24) is 0 Å². The molecule has 4 heterocycles. The largest absolute Gasteiger partial charge is 0.508 e. The second-order valence-corrected chi connectivity index (χ2v) is 19.2. The van der Waals surface area contributed by atoms with Crippen molar-refractivity contribution < 1.29 is 142 Å². The number of benzene rings is 3. The normalized spacial score (nSPS) is 33.5. The Balaban J connectivity index is 1.39. The van der Waals surface area contributed by atoms with Crippen molar-refractivity contribution in [3.63, 3.8) is 0 Å². The van der Waals surface area contributed by atoms with Gasteiger partial charge in [0.2, 0.25) is 5.79 Å². The Bertz CT molecular complexity index is 2720. The van der Waals surface area contributed by atoms with Gasteiger partial charge in [0.25, 0.3) is 0 Å². The number of carbonyl (C=O) groups is 5. The van der Waals surface area contributed by atoms with Crippen LogP contribution in [0, 0.1) is 0 Å². The highest BCUT2D eigenvalue weighted by Gasteiger charge is 2.64. The predicted molar refractivity (Wildman–Crippen MR) is 271 cm³/mol. The molecule has 4 saturated heterocycles. The summed E-state index contributed by atoms with van der Waals surface area (Å²) >= 11 is 0. The zero-order valence-corrected chi connectivity index (χ0v) is 44.4. The lowest BCUT2D eigenvalue weighted by atomic mass is 9.95. The average Bonchev–Trinajstić information content (AvgIpc) is 4.00. The summed E-state index contributed by atoms with van der Waals surface area (Å²) in [4.78, 5) is 66.3. The van der Waals surface area contributed by atoms with Crippen LogP contribution >= 0.6 is 0 Å². The second-order valence-electron chi connectivity index (χ2n) is 19.2. The lowest BCUT2D eigenvalue weighted by molar-refractivity contribution is -0.421. The van der Waals surface area contributed by atoms with Crippen LogP contribution in [0.5, 0.6) is 17.2 Å². The number of rotatable bonds is 22. The second kappa shape index (κ2) is 28.7. The molecule has 29 heteroatoms. The lowest BCUT2D eigenvalue weighted by Crippen LogP contribution is -2.69. The molecule has 0 amide bonds. The summed E-state index contributed by atoms with van der Waals surface area (Å²) in [6.07, 6.45) is -33.7. The third kappa shape index (κ3) is 15.7. The lowest BCUT2D eigenvalue weighted by Gasteiger charge is -2.50. The van der Waals surface area contributed by atoms with Crippen LogP contribution in [0.3, 0.4) is 0 Å². The van der Waals surface area contributed by atoms with Gasteiger partial charge < -0.3 is 118 Å². The maximum atomic E-state index is 14.1. The highest BCUT2D eigenvalue weighted by molar-refractivity contribution is 5.90. The molecular formula is C54H64O29. The molecule has 4 fully saturated rings. The molecule has 0 aromatic heterocycles. The molecule has 454 valence electrons. The van der Waals surface area contributed by atoms with Crippen molar-refractivity contribution in [1.29, 1.82) is 0 Å². The number of hydrogen-bond donors (Lipinski definition) is 11. The van der Waals surface area contributed by atoms with Gasteiger partial charge in [0, 0.05) is 26.0 Å². The molecule has 0 aliphatic carbocycles. The number of esters is 5. The van der Waals surface area contributed by atoms with Crippen LogP contribution in [0.4, 0.5) is 0 Å². The van der Waals surface area contributed by atoms with Gasteiger partial charge in [0.1, 0.15) is 105 Å². The van der Waals surface area contributed by atoms with Crippen molar-refractivity contribution in [2.45, 2.75) is 130 Å². The number of hydrogen-bond acceptors (Lipinski definition) is 29. The third-order valence-corrected chi connectivity index (χ3v) is 13.4. The maximum absolute atomic E-state index is 14.1. The van der Waals surface area contributed by atoms with Gasteiger partial charge in [-0.1, -0.05) is 36.4 Å². The minimum Gasteiger partial charge on any atom is -0.508 e. The number of aromatic hydroxyl groups is 2. The Morgan fingerprint density at radius 2 is 1.12 bits per heavy atom. The fourth-order valence-electron chi connectivity index (χ4n) is 9.06. The molecule has 7 rings (SSSR count). The molecule has 3 aromatic carbocycles. The van der Waals surface area contributed by atoms with E-state index < -0.39 is 179 Å². The van der Waals surface area contributed by atoms with Crippen LogP contribution in [0.1, 0.15) is 35.3 Å². The fourth-order valence-corrected chi connectivity index (χ4v) is 9.06. The summed E-state index contributed by atoms with van der Waals surface area (Å²) in [6.45, 7) is -3.04. The first kappa shape index (κ1) is 63.8. The van der Waals surface area contributed by atoms with Gasteiger partial charge in [-0.15, -0.1) is 0 Å². The molecule has 0 saturated carbocycles. The number of ether oxygens (including phenoxy) is 13. The van der Waals surface area contributed by atoms with Crippen LogP contribution in [-0.2, 0) is 76.0 Å². The van der Waals surface area contributed by atoms with Gasteiger partial charge >= 0.3 is 29.8 Å². The highest BCUT2D eigenvalue weighted by Crippen LogP contribution is 2.42. The van der Waals surface area contributed by atoms with E-state index in [1.54, 1.807) is 6.07 Å². The van der Waals surface area contributed by atoms with Crippen LogP contribution in [0.15, 0.2) is 84.9 Å². The molecule has 4 aliphatic heterocycles. The number of phenols is 2. The first-order valence-electron chi connectivity index (χ1n) is 25.6. The SMILES string of the molecule is COc1cc(C=CC(=O)OC[C@@]2(O[C@H]3O[C@H](COC(C)=O)[C@@H](OC(=O)C=Cc4ccc(O)cc4)[C@H](O[C@@H]4O[C@H](COC(C)=O)[C@@H](O)[C@H](O)[C@H]4O)[C@H]3O[C@@H]3O[C@H](CO)[C@@H](O)[C@H](O)[C@H]3O)O[C@H](CO)[C@@H](O)[C@@H]2OC(=O)c2ccccc2)ccc1O. The van der Waals surface area contributed by atoms with Gasteiger partial charge in [-0.05, 0) is 59.7 Å². The van der Waals surface area contributed by atoms with Crippen molar-refractivity contribution >= 4 is 42.0 Å². The first-order valence-corrected chi connectivity index (χ1v) is 25.6. The van der Waals surface area contributed by atoms with Gasteiger partial charge in [-0.2, -0.15) is 0 Å². The van der Waals surface area contributed by atoms with Gasteiger partial charge in [0.05, 0.1) is 25.9 Å². The Morgan fingerprint density at radius 1 is 0.566 bits per heavy atom. The molecule has 11 N–H and O–H groups in total. The summed E-state index contributed by atoms with van der Waals surface area (Å²) in [5, 5.41) is 120. The molecule has 83 heavy (non-hydrogen) atoms. The van der Waals surface area contributed by atoms with Crippen molar-refractivity contribution in [3.8, 4) is 17.2 Å². The molecule has 0 unspecified atom stereocenters. The Kier molecular flexibility index (Phi) is 22.1. The van der Waals surface area contributed by atoms with E-state index in [2.05, 4.69) is 0 Å². The van der Waals surface area contributed by atoms with Crippen molar-refractivity contribution in [3.05, 3.63) is 102 Å². The smallest absolute Gasteiger partial charge is 0.338 e. The number of carbonyl (C=O) groups excluding carboxylic acids is 5. The van der Waals surface area contributed by atoms with E-state index in [0.29, 0.717) is 11.1 Å². The Morgan fingerprint density at radius 3 is 1.73 bits per heavy atom. The van der Waals surface area contributed by atoms with E-state index in [-0.39, 0.29) is 22.8 Å². The topological polar surface area (TPSA) is 428 Å². The number of phenolic OH excluding ortho intramolecular Hbond substituents is 2. The zero-order valence-electron chi connectivity index (χ0n) is 44.4. The highest BCUT2D eigenvalue weighted by atomic mass is 16.8. The fraction of sp³-hybridized carbons (Fsp3) is 0.500. The van der Waals surface area contributed by atoms with E-state index in [0.717, 1.165) is 26.0 Å². The quantitative estimate of drug-likeness (QED) is 0.0275. The van der Waals surface area contributed by atoms with Gasteiger partial charge in [0.15, 0.2) is 42.6 Å². The van der Waals surface area contributed by atoms with E-state index >= 15 is 0 Å². The summed E-state index contributed by atoms with van der Waals surface area (Å²) in [6, 6.07) is 16.6. The van der Waals surface area contributed by atoms with Gasteiger partial charge in [-0.3, -0.25) is 9.59 Å². The first-order chi connectivity index (χ1) is 39.6. The summed E-state index contributed by atoms with van der Waals surface area (Å²) in [5.41, 5.74) is 0.528. The monoisotopic (exact) mass is 1180 g/mol. The standard InChI is InChI=1S/C54H64O29/c1-25(57)72-22-35-40(64)43(67)45(69)52(76-35)79-47-46(78-38(62)18-12-27-9-14-30(59)15-10-27)36(23-73-26(2)58)77-53(48(47)80-51-44(68)42(66)39(63)33(20-55)75-51)83-54(24-74-37(61)17-13-28-11-16-31(60)32(19-28)71-3)49(41(65)34(21-56)82-54)81-50(70)29-7-5-4-6-8-29/h4-19,33-36,39-49,51-53,55-56,59-60,63-69H,20-24H2,1-3H3/t33-,34-,35-,36-,39-,40-,41-,42+,43+,44-,45-,46-,47+,48-,49+,51+,52+,53-,54+/m1/s1. The van der Waals surface area contributed by atoms with Crippen LogP contribution < -0.4 is 4.74 Å². The number of aliphatic hydroxyl groups is 9. The minimum absolute atomic E-state index is 0.0317. The van der Waals surface area contributed by atoms with Crippen molar-refractivity contribution in [2.75, 3.05) is 40.1 Å². The summed E-state index contributed by atoms with van der Waals surface area (Å²) in [5.74, 6) is -8.69. The zero-order chi connectivity index (χ0) is 60.3. The van der Waals surface area contributed by atoms with Crippen LogP contribution in [0.2, 0.25) is 0 Å². The molecule has 29 nitrogen and oxygen atoms in total. The summed E-state index contributed by atoms with van der Waals surface area (Å²) < 4.78 is 76.5. The molecule has 4 aliphatic rings. The number of methoxy groups -OCH3 is 1. The molecule has 3 aromatic rings.